The molecule has 1 aliphatic rings. The molecular formula is C17H27FN2. The van der Waals surface area contributed by atoms with Crippen LogP contribution in [0.4, 0.5) is 4.39 Å². The molecule has 1 fully saturated rings. The lowest BCUT2D eigenvalue weighted by atomic mass is 9.84. The highest BCUT2D eigenvalue weighted by atomic mass is 19.1. The second-order valence-electron chi connectivity index (χ2n) is 6.79. The number of hydrogen-bond acceptors (Lipinski definition) is 2. The molecule has 2 nitrogen and oxygen atoms in total. The van der Waals surface area contributed by atoms with Crippen molar-refractivity contribution in [2.75, 3.05) is 26.3 Å². The Bertz CT molecular complexity index is 399. The van der Waals surface area contributed by atoms with Gasteiger partial charge in [-0.05, 0) is 17.4 Å². The van der Waals surface area contributed by atoms with Gasteiger partial charge in [0, 0.05) is 31.7 Å². The minimum absolute atomic E-state index is 0.231. The van der Waals surface area contributed by atoms with Crippen molar-refractivity contribution < 1.29 is 4.39 Å². The summed E-state index contributed by atoms with van der Waals surface area (Å²) in [5, 5.41) is 3.68. The quantitative estimate of drug-likeness (QED) is 0.908. The van der Waals surface area contributed by atoms with E-state index in [1.807, 2.05) is 6.07 Å². The first-order chi connectivity index (χ1) is 9.52. The second-order valence-corrected chi connectivity index (χ2v) is 6.79. The van der Waals surface area contributed by atoms with Crippen LogP contribution in [0, 0.1) is 5.41 Å². The lowest BCUT2D eigenvalue weighted by Gasteiger charge is -2.45. The summed E-state index contributed by atoms with van der Waals surface area (Å²) in [6.45, 7) is 9.33. The molecule has 3 heteroatoms. The molecule has 0 amide bonds. The number of nitrogens with one attached hydrogen (secondary N) is 1. The summed E-state index contributed by atoms with van der Waals surface area (Å²) in [7, 11) is 0. The van der Waals surface area contributed by atoms with E-state index in [0.29, 0.717) is 18.5 Å². The summed E-state index contributed by atoms with van der Waals surface area (Å²) in [6.07, 6.45) is 0.625. The number of piperazine rings is 1. The van der Waals surface area contributed by atoms with E-state index in [1.54, 1.807) is 0 Å². The Morgan fingerprint density at radius 3 is 2.55 bits per heavy atom. The van der Waals surface area contributed by atoms with Crippen molar-refractivity contribution in [2.45, 2.75) is 39.3 Å². The molecule has 0 aliphatic carbocycles. The van der Waals surface area contributed by atoms with Crippen molar-refractivity contribution in [1.29, 1.82) is 0 Å². The van der Waals surface area contributed by atoms with Gasteiger partial charge in [0.25, 0.3) is 0 Å². The highest BCUT2D eigenvalue weighted by molar-refractivity contribution is 5.20. The van der Waals surface area contributed by atoms with Crippen molar-refractivity contribution in [3.05, 3.63) is 35.9 Å². The van der Waals surface area contributed by atoms with Crippen LogP contribution in [0.3, 0.4) is 0 Å². The van der Waals surface area contributed by atoms with Crippen LogP contribution < -0.4 is 5.32 Å². The smallest absolute Gasteiger partial charge is 0.0906 e. The first-order valence-electron chi connectivity index (χ1n) is 7.60. The molecule has 0 bridgehead atoms. The summed E-state index contributed by atoms with van der Waals surface area (Å²) in [5.41, 5.74) is 1.56. The second kappa shape index (κ2) is 6.68. The summed E-state index contributed by atoms with van der Waals surface area (Å²) in [5.74, 6) is 0. The van der Waals surface area contributed by atoms with Crippen LogP contribution in [-0.2, 0) is 0 Å². The molecule has 0 aromatic heterocycles. The van der Waals surface area contributed by atoms with E-state index < -0.39 is 0 Å². The molecule has 0 spiro atoms. The number of hydrogen-bond donors (Lipinski definition) is 1. The first-order valence-corrected chi connectivity index (χ1v) is 7.60. The van der Waals surface area contributed by atoms with Crippen LogP contribution in [0.1, 0.15) is 38.8 Å². The molecule has 1 aromatic rings. The zero-order valence-electron chi connectivity index (χ0n) is 12.9. The van der Waals surface area contributed by atoms with Gasteiger partial charge in [-0.1, -0.05) is 51.1 Å². The molecule has 1 heterocycles. The Kier molecular flexibility index (Phi) is 5.17. The van der Waals surface area contributed by atoms with Gasteiger partial charge >= 0.3 is 0 Å². The molecule has 1 saturated heterocycles. The SMILES string of the molecule is CC(C)(C)C1CN(CCCF)C(c2ccccc2)CN1. The van der Waals surface area contributed by atoms with Gasteiger partial charge in [0.2, 0.25) is 0 Å². The van der Waals surface area contributed by atoms with Gasteiger partial charge in [0.1, 0.15) is 0 Å². The predicted octanol–water partition coefficient (Wildman–Crippen LogP) is 3.41. The maximum absolute atomic E-state index is 12.6. The minimum atomic E-state index is -0.231. The monoisotopic (exact) mass is 278 g/mol. The summed E-state index contributed by atoms with van der Waals surface area (Å²) in [6, 6.07) is 11.4. The fraction of sp³-hybridized carbons (Fsp3) is 0.647. The van der Waals surface area contributed by atoms with E-state index >= 15 is 0 Å². The maximum atomic E-state index is 12.6. The average molecular weight is 278 g/mol. The summed E-state index contributed by atoms with van der Waals surface area (Å²) >= 11 is 0. The van der Waals surface area contributed by atoms with Crippen LogP contribution >= 0.6 is 0 Å². The Morgan fingerprint density at radius 2 is 1.95 bits per heavy atom. The molecule has 2 rings (SSSR count). The van der Waals surface area contributed by atoms with Gasteiger partial charge in [0.15, 0.2) is 0 Å². The average Bonchev–Trinajstić information content (AvgIpc) is 2.45. The highest BCUT2D eigenvalue weighted by Gasteiger charge is 2.34. The van der Waals surface area contributed by atoms with Crippen LogP contribution in [0.15, 0.2) is 30.3 Å². The van der Waals surface area contributed by atoms with Crippen molar-refractivity contribution in [3.63, 3.8) is 0 Å². The van der Waals surface area contributed by atoms with Gasteiger partial charge in [-0.2, -0.15) is 0 Å². The Balaban J connectivity index is 2.12. The highest BCUT2D eigenvalue weighted by Crippen LogP contribution is 2.29. The normalized spacial score (nSPS) is 24.8. The summed E-state index contributed by atoms with van der Waals surface area (Å²) in [4.78, 5) is 2.45. The van der Waals surface area contributed by atoms with E-state index in [4.69, 9.17) is 0 Å². The first kappa shape index (κ1) is 15.5. The minimum Gasteiger partial charge on any atom is -0.310 e. The Morgan fingerprint density at radius 1 is 1.25 bits per heavy atom. The largest absolute Gasteiger partial charge is 0.310 e. The third-order valence-electron chi connectivity index (χ3n) is 4.22. The van der Waals surface area contributed by atoms with E-state index in [1.165, 1.54) is 5.56 Å². The van der Waals surface area contributed by atoms with Crippen LogP contribution in [0.25, 0.3) is 0 Å². The molecule has 1 aliphatic heterocycles. The van der Waals surface area contributed by atoms with Crippen molar-refractivity contribution >= 4 is 0 Å². The van der Waals surface area contributed by atoms with E-state index in [2.05, 4.69) is 55.3 Å². The molecule has 1 aromatic carbocycles. The zero-order valence-corrected chi connectivity index (χ0v) is 12.9. The van der Waals surface area contributed by atoms with Gasteiger partial charge < -0.3 is 5.32 Å². The van der Waals surface area contributed by atoms with Gasteiger partial charge in [-0.3, -0.25) is 9.29 Å². The van der Waals surface area contributed by atoms with Crippen LogP contribution in [0.2, 0.25) is 0 Å². The molecule has 2 atom stereocenters. The van der Waals surface area contributed by atoms with Gasteiger partial charge in [-0.15, -0.1) is 0 Å². The topological polar surface area (TPSA) is 15.3 Å². The molecule has 1 N–H and O–H groups in total. The number of rotatable bonds is 4. The lowest BCUT2D eigenvalue weighted by Crippen LogP contribution is -2.57. The number of halogens is 1. The van der Waals surface area contributed by atoms with Crippen molar-refractivity contribution in [2.24, 2.45) is 5.41 Å². The fourth-order valence-electron chi connectivity index (χ4n) is 2.90. The Labute approximate surface area is 122 Å². The van der Waals surface area contributed by atoms with Crippen molar-refractivity contribution in [3.8, 4) is 0 Å². The third kappa shape index (κ3) is 3.80. The van der Waals surface area contributed by atoms with Crippen LogP contribution in [0.5, 0.6) is 0 Å². The van der Waals surface area contributed by atoms with E-state index in [-0.39, 0.29) is 12.1 Å². The lowest BCUT2D eigenvalue weighted by molar-refractivity contribution is 0.0827. The molecule has 2 unspecified atom stereocenters. The standard InChI is InChI=1S/C17H27FN2/c1-17(2,3)16-13-20(11-7-10-18)15(12-19-16)14-8-5-4-6-9-14/h4-6,8-9,15-16,19H,7,10-13H2,1-3H3. The molecule has 0 saturated carbocycles. The molecular weight excluding hydrogens is 251 g/mol. The fourth-order valence-corrected chi connectivity index (χ4v) is 2.90. The number of alkyl halides is 1. The summed E-state index contributed by atoms with van der Waals surface area (Å²) < 4.78 is 12.6. The molecule has 20 heavy (non-hydrogen) atoms. The third-order valence-corrected chi connectivity index (χ3v) is 4.22. The molecule has 0 radical (unpaired) electrons. The zero-order chi connectivity index (χ0) is 14.6. The van der Waals surface area contributed by atoms with Crippen molar-refractivity contribution in [1.82, 2.24) is 10.2 Å². The predicted molar refractivity (Wildman–Crippen MR) is 82.6 cm³/mol. The maximum Gasteiger partial charge on any atom is 0.0906 e. The van der Waals surface area contributed by atoms with E-state index in [9.17, 15) is 4.39 Å². The Hall–Kier alpha value is -0.930. The number of benzene rings is 1. The van der Waals surface area contributed by atoms with E-state index in [0.717, 1.165) is 19.6 Å². The molecule has 112 valence electrons. The number of nitrogens with zero attached hydrogens (tertiary/aromatic N) is 1. The van der Waals surface area contributed by atoms with Gasteiger partial charge in [-0.25, -0.2) is 0 Å². The van der Waals surface area contributed by atoms with Gasteiger partial charge in [0.05, 0.1) is 6.67 Å². The van der Waals surface area contributed by atoms with Crippen LogP contribution in [-0.4, -0.2) is 37.3 Å².